The van der Waals surface area contributed by atoms with Crippen molar-refractivity contribution in [1.29, 1.82) is 0 Å². The molecule has 1 aromatic carbocycles. The molecule has 1 aliphatic rings. The molecule has 0 heterocycles. The second-order valence-electron chi connectivity index (χ2n) is 7.70. The zero-order chi connectivity index (χ0) is 20.6. The lowest BCUT2D eigenvalue weighted by atomic mass is 10.2. The molecule has 0 saturated heterocycles. The predicted octanol–water partition coefficient (Wildman–Crippen LogP) is 2.54. The third-order valence-electron chi connectivity index (χ3n) is 3.56. The van der Waals surface area contributed by atoms with Crippen LogP contribution in [0.2, 0.25) is 0 Å². The summed E-state index contributed by atoms with van der Waals surface area (Å²) in [6, 6.07) is 8.54. The summed E-state index contributed by atoms with van der Waals surface area (Å²) in [5, 5.41) is 18.9. The number of benzene rings is 1. The molecule has 0 amide bonds. The topological polar surface area (TPSA) is 96.3 Å². The summed E-state index contributed by atoms with van der Waals surface area (Å²) in [5.41, 5.74) is 0.361. The van der Waals surface area contributed by atoms with Gasteiger partial charge in [0.15, 0.2) is 6.10 Å². The summed E-state index contributed by atoms with van der Waals surface area (Å²) in [4.78, 5) is 23.9. The van der Waals surface area contributed by atoms with Gasteiger partial charge < -0.3 is 19.8 Å². The van der Waals surface area contributed by atoms with Gasteiger partial charge in [0, 0.05) is 7.05 Å². The molecule has 2 rings (SSSR count). The Hall–Kier alpha value is -1.96. The Morgan fingerprint density at radius 2 is 1.70 bits per heavy atom. The molecule has 0 unspecified atom stereocenters. The number of aliphatic hydroxyl groups is 1. The highest BCUT2D eigenvalue weighted by Crippen LogP contribution is 2.35. The number of ether oxygens (including phenoxy) is 2. The van der Waals surface area contributed by atoms with Gasteiger partial charge in [-0.3, -0.25) is 4.79 Å². The Morgan fingerprint density at radius 1 is 1.19 bits per heavy atom. The van der Waals surface area contributed by atoms with E-state index in [0.29, 0.717) is 0 Å². The molecule has 0 aliphatic heterocycles. The number of carbonyl (C=O) groups is 2. The van der Waals surface area contributed by atoms with Crippen molar-refractivity contribution >= 4 is 11.9 Å². The van der Waals surface area contributed by atoms with Crippen LogP contribution >= 0.6 is 0 Å². The number of hydroxylamine groups is 2. The van der Waals surface area contributed by atoms with Gasteiger partial charge in [-0.15, -0.1) is 0 Å². The van der Waals surface area contributed by atoms with Gasteiger partial charge in [-0.1, -0.05) is 30.3 Å². The number of rotatable bonds is 7. The number of carbonyl (C=O) groups excluding carboxylic acids is 2. The molecule has 0 bridgehead atoms. The van der Waals surface area contributed by atoms with E-state index in [1.807, 2.05) is 30.3 Å². The highest BCUT2D eigenvalue weighted by molar-refractivity contribution is 5.82. The van der Waals surface area contributed by atoms with E-state index >= 15 is 0 Å². The normalized spacial score (nSPS) is 16.0. The minimum absolute atomic E-state index is 0.0926. The molecule has 1 saturated carbocycles. The average molecular weight is 381 g/mol. The second-order valence-corrected chi connectivity index (χ2v) is 7.70. The van der Waals surface area contributed by atoms with Gasteiger partial charge in [0.05, 0.1) is 5.60 Å². The number of esters is 2. The number of nitrogens with zero attached hydrogens (tertiary/aromatic N) is 1. The average Bonchev–Trinajstić information content (AvgIpc) is 3.36. The van der Waals surface area contributed by atoms with E-state index in [0.717, 1.165) is 23.5 Å². The van der Waals surface area contributed by atoms with Crippen molar-refractivity contribution in [3.8, 4) is 0 Å². The maximum absolute atomic E-state index is 12.0. The molecular weight excluding hydrogens is 350 g/mol. The summed E-state index contributed by atoms with van der Waals surface area (Å²) >= 11 is 0. The number of likely N-dealkylation sites (N-methyl/N-ethyl adjacent to an activating group) is 1. The number of hydrogen-bond acceptors (Lipinski definition) is 7. The molecule has 7 heteroatoms. The van der Waals surface area contributed by atoms with Crippen LogP contribution in [0.5, 0.6) is 0 Å². The molecule has 2 atom stereocenters. The quantitative estimate of drug-likeness (QED) is 0.553. The van der Waals surface area contributed by atoms with Crippen LogP contribution < -0.4 is 0 Å². The molecule has 27 heavy (non-hydrogen) atoms. The van der Waals surface area contributed by atoms with Gasteiger partial charge in [-0.25, -0.2) is 4.79 Å². The fourth-order valence-corrected chi connectivity index (χ4v) is 2.20. The van der Waals surface area contributed by atoms with Gasteiger partial charge >= 0.3 is 11.9 Å². The highest BCUT2D eigenvalue weighted by atomic mass is 16.6. The zero-order valence-corrected chi connectivity index (χ0v) is 16.7. The van der Waals surface area contributed by atoms with Crippen LogP contribution in [0, 0.1) is 5.92 Å². The fraction of sp³-hybridized carbons (Fsp3) is 0.600. The molecule has 152 valence electrons. The summed E-state index contributed by atoms with van der Waals surface area (Å²) in [7, 11) is 1.41. The van der Waals surface area contributed by atoms with Crippen molar-refractivity contribution in [2.75, 3.05) is 7.05 Å². The molecule has 7 nitrogen and oxygen atoms in total. The standard InChI is InChI=1S/C16H21NO5.C4H10O/c1-11(15(18)21-10-12-6-4-3-5-7-12)22-16(19)14(17(2)20)13-8-9-13;1-4(2,3)5/h3-7,11,13-14,20H,8-10H2,1-2H3;5H,1-3H3/t11-,14+;/m1./s1. The van der Waals surface area contributed by atoms with E-state index in [1.54, 1.807) is 20.8 Å². The van der Waals surface area contributed by atoms with Crippen molar-refractivity contribution in [1.82, 2.24) is 5.06 Å². The van der Waals surface area contributed by atoms with Gasteiger partial charge in [0.25, 0.3) is 0 Å². The molecule has 2 N–H and O–H groups in total. The summed E-state index contributed by atoms with van der Waals surface area (Å²) in [6.07, 6.45) is 0.743. The Kier molecular flexibility index (Phi) is 8.88. The van der Waals surface area contributed by atoms with Crippen LogP contribution in [0.4, 0.5) is 0 Å². The lowest BCUT2D eigenvalue weighted by Gasteiger charge is -2.22. The lowest BCUT2D eigenvalue weighted by Crippen LogP contribution is -2.42. The molecule has 1 aromatic rings. The first-order valence-corrected chi connectivity index (χ1v) is 9.04. The molecule has 0 aromatic heterocycles. The van der Waals surface area contributed by atoms with E-state index in [2.05, 4.69) is 0 Å². The summed E-state index contributed by atoms with van der Waals surface area (Å²) in [5.74, 6) is -1.11. The zero-order valence-electron chi connectivity index (χ0n) is 16.7. The highest BCUT2D eigenvalue weighted by Gasteiger charge is 2.41. The summed E-state index contributed by atoms with van der Waals surface area (Å²) in [6.45, 7) is 6.83. The van der Waals surface area contributed by atoms with Crippen molar-refractivity contribution in [3.63, 3.8) is 0 Å². The maximum atomic E-state index is 12.0. The van der Waals surface area contributed by atoms with Crippen molar-refractivity contribution in [2.45, 2.75) is 64.9 Å². The van der Waals surface area contributed by atoms with E-state index < -0.39 is 29.7 Å². The monoisotopic (exact) mass is 381 g/mol. The molecule has 1 aliphatic carbocycles. The first-order chi connectivity index (χ1) is 12.5. The SMILES string of the molecule is CC(C)(C)O.C[C@@H](OC(=O)[C@H](C1CC1)N(C)O)C(=O)OCc1ccccc1. The third kappa shape index (κ3) is 10.1. The van der Waals surface area contributed by atoms with Crippen molar-refractivity contribution < 1.29 is 29.4 Å². The fourth-order valence-electron chi connectivity index (χ4n) is 2.20. The van der Waals surface area contributed by atoms with Crippen LogP contribution in [0.15, 0.2) is 30.3 Å². The lowest BCUT2D eigenvalue weighted by molar-refractivity contribution is -0.183. The Bertz CT molecular complexity index is 584. The predicted molar refractivity (Wildman–Crippen MR) is 99.8 cm³/mol. The largest absolute Gasteiger partial charge is 0.458 e. The van der Waals surface area contributed by atoms with Gasteiger partial charge in [-0.05, 0) is 52.0 Å². The van der Waals surface area contributed by atoms with Gasteiger partial charge in [-0.2, -0.15) is 5.06 Å². The summed E-state index contributed by atoms with van der Waals surface area (Å²) < 4.78 is 10.2. The van der Waals surface area contributed by atoms with Crippen LogP contribution in [-0.4, -0.2) is 52.1 Å². The van der Waals surface area contributed by atoms with E-state index in [-0.39, 0.29) is 12.5 Å². The van der Waals surface area contributed by atoms with E-state index in [4.69, 9.17) is 14.6 Å². The third-order valence-corrected chi connectivity index (χ3v) is 3.56. The Labute approximate surface area is 160 Å². The van der Waals surface area contributed by atoms with Gasteiger partial charge in [0.2, 0.25) is 0 Å². The van der Waals surface area contributed by atoms with Gasteiger partial charge in [0.1, 0.15) is 12.6 Å². The minimum Gasteiger partial charge on any atom is -0.458 e. The Balaban J connectivity index is 0.000000646. The van der Waals surface area contributed by atoms with Crippen molar-refractivity contribution in [3.05, 3.63) is 35.9 Å². The number of hydrogen-bond donors (Lipinski definition) is 2. The maximum Gasteiger partial charge on any atom is 0.347 e. The van der Waals surface area contributed by atoms with Crippen LogP contribution in [-0.2, 0) is 25.7 Å². The smallest absolute Gasteiger partial charge is 0.347 e. The second kappa shape index (κ2) is 10.4. The molecule has 0 spiro atoms. The molecule has 0 radical (unpaired) electrons. The van der Waals surface area contributed by atoms with Crippen LogP contribution in [0.3, 0.4) is 0 Å². The van der Waals surface area contributed by atoms with E-state index in [9.17, 15) is 14.8 Å². The first-order valence-electron chi connectivity index (χ1n) is 9.04. The van der Waals surface area contributed by atoms with Crippen molar-refractivity contribution in [2.24, 2.45) is 5.92 Å². The first kappa shape index (κ1) is 23.1. The van der Waals surface area contributed by atoms with E-state index in [1.165, 1.54) is 14.0 Å². The molecular formula is C20H31NO6. The van der Waals surface area contributed by atoms with Crippen LogP contribution in [0.1, 0.15) is 46.1 Å². The minimum atomic E-state index is -1.00. The van der Waals surface area contributed by atoms with Crippen LogP contribution in [0.25, 0.3) is 0 Å². The Morgan fingerprint density at radius 3 is 2.15 bits per heavy atom. The molecule has 1 fully saturated rings.